The lowest BCUT2D eigenvalue weighted by atomic mass is 10.0. The number of rotatable bonds is 4. The van der Waals surface area contributed by atoms with Gasteiger partial charge in [0.1, 0.15) is 0 Å². The maximum Gasteiger partial charge on any atom is 0.264 e. The molecule has 1 saturated heterocycles. The summed E-state index contributed by atoms with van der Waals surface area (Å²) in [7, 11) is 0. The van der Waals surface area contributed by atoms with E-state index in [-0.39, 0.29) is 13.0 Å². The fourth-order valence-electron chi connectivity index (χ4n) is 2.34. The Bertz CT molecular complexity index is 387. The molecular weight excluding hydrogens is 234 g/mol. The third-order valence-corrected chi connectivity index (χ3v) is 3.37. The van der Waals surface area contributed by atoms with E-state index < -0.39 is 5.92 Å². The monoisotopic (exact) mass is 254 g/mol. The predicted molar refractivity (Wildman–Crippen MR) is 69.1 cm³/mol. The van der Waals surface area contributed by atoms with Crippen LogP contribution in [0.2, 0.25) is 0 Å². The highest BCUT2D eigenvalue weighted by atomic mass is 19.3. The number of hydrogen-bond acceptors (Lipinski definition) is 2. The lowest BCUT2D eigenvalue weighted by molar-refractivity contribution is -0.0338. The van der Waals surface area contributed by atoms with Gasteiger partial charge in [-0.1, -0.05) is 24.3 Å². The Hall–Kier alpha value is -1.00. The first-order valence-electron chi connectivity index (χ1n) is 6.42. The van der Waals surface area contributed by atoms with Crippen LogP contribution in [0.1, 0.15) is 11.1 Å². The van der Waals surface area contributed by atoms with E-state index >= 15 is 0 Å². The second kappa shape index (κ2) is 5.76. The molecule has 1 aliphatic heterocycles. The Morgan fingerprint density at radius 3 is 2.56 bits per heavy atom. The molecule has 0 saturated carbocycles. The number of nitrogens with one attached hydrogen (secondary N) is 1. The molecule has 0 unspecified atom stereocenters. The Balaban J connectivity index is 1.96. The third kappa shape index (κ3) is 3.75. The van der Waals surface area contributed by atoms with Crippen LogP contribution in [0.25, 0.3) is 0 Å². The van der Waals surface area contributed by atoms with E-state index in [9.17, 15) is 8.78 Å². The van der Waals surface area contributed by atoms with Crippen molar-refractivity contribution in [3.8, 4) is 0 Å². The average molecular weight is 254 g/mol. The second-order valence-electron chi connectivity index (χ2n) is 4.99. The molecule has 1 heterocycles. The van der Waals surface area contributed by atoms with Gasteiger partial charge in [0.2, 0.25) is 0 Å². The van der Waals surface area contributed by atoms with Gasteiger partial charge < -0.3 is 5.32 Å². The molecular formula is C14H20F2N2. The van der Waals surface area contributed by atoms with Gasteiger partial charge in [0.25, 0.3) is 5.92 Å². The van der Waals surface area contributed by atoms with E-state index in [0.29, 0.717) is 13.1 Å². The van der Waals surface area contributed by atoms with Gasteiger partial charge in [0.15, 0.2) is 0 Å². The molecule has 0 atom stereocenters. The van der Waals surface area contributed by atoms with E-state index in [2.05, 4.69) is 5.32 Å². The molecule has 1 aromatic rings. The van der Waals surface area contributed by atoms with Crippen molar-refractivity contribution in [1.29, 1.82) is 0 Å². The molecule has 0 bridgehead atoms. The summed E-state index contributed by atoms with van der Waals surface area (Å²) in [4.78, 5) is 1.84. The first kappa shape index (κ1) is 13.4. The Morgan fingerprint density at radius 2 is 1.89 bits per heavy atom. The highest BCUT2D eigenvalue weighted by Gasteiger charge is 2.32. The van der Waals surface area contributed by atoms with Crippen molar-refractivity contribution < 1.29 is 8.78 Å². The van der Waals surface area contributed by atoms with Crippen LogP contribution in [-0.2, 0) is 6.42 Å². The highest BCUT2D eigenvalue weighted by molar-refractivity contribution is 5.26. The first-order chi connectivity index (χ1) is 8.57. The zero-order valence-electron chi connectivity index (χ0n) is 10.8. The van der Waals surface area contributed by atoms with Gasteiger partial charge in [0.05, 0.1) is 6.54 Å². The molecule has 0 aliphatic carbocycles. The van der Waals surface area contributed by atoms with Crippen molar-refractivity contribution in [2.45, 2.75) is 19.3 Å². The fourth-order valence-corrected chi connectivity index (χ4v) is 2.34. The molecule has 2 rings (SSSR count). The van der Waals surface area contributed by atoms with Crippen LogP contribution >= 0.6 is 0 Å². The summed E-state index contributed by atoms with van der Waals surface area (Å²) < 4.78 is 28.0. The Kier molecular flexibility index (Phi) is 4.30. The number of piperazine rings is 1. The molecule has 1 aliphatic rings. The van der Waals surface area contributed by atoms with Gasteiger partial charge in [-0.05, 0) is 18.1 Å². The van der Waals surface area contributed by atoms with E-state index in [0.717, 1.165) is 24.2 Å². The normalized spacial score (nSPS) is 17.9. The molecule has 0 aromatic heterocycles. The topological polar surface area (TPSA) is 15.3 Å². The Morgan fingerprint density at radius 1 is 1.22 bits per heavy atom. The van der Waals surface area contributed by atoms with Gasteiger partial charge in [-0.25, -0.2) is 8.78 Å². The lowest BCUT2D eigenvalue weighted by Gasteiger charge is -2.30. The van der Waals surface area contributed by atoms with Crippen LogP contribution < -0.4 is 5.32 Å². The summed E-state index contributed by atoms with van der Waals surface area (Å²) in [6, 6.07) is 7.38. The summed E-state index contributed by atoms with van der Waals surface area (Å²) in [5.41, 5.74) is 1.69. The zero-order chi connectivity index (χ0) is 13.0. The van der Waals surface area contributed by atoms with Gasteiger partial charge >= 0.3 is 0 Å². The number of hydrogen-bond donors (Lipinski definition) is 1. The predicted octanol–water partition coefficient (Wildman–Crippen LogP) is 2.08. The third-order valence-electron chi connectivity index (χ3n) is 3.37. The zero-order valence-corrected chi connectivity index (χ0v) is 10.8. The SMILES string of the molecule is Cc1ccccc1CC(F)(F)CN1CCNCC1. The summed E-state index contributed by atoms with van der Waals surface area (Å²) in [6.45, 7) is 4.78. The molecule has 4 heteroatoms. The molecule has 0 spiro atoms. The quantitative estimate of drug-likeness (QED) is 0.885. The number of aryl methyl sites for hydroxylation is 1. The van der Waals surface area contributed by atoms with Crippen molar-refractivity contribution >= 4 is 0 Å². The van der Waals surface area contributed by atoms with Crippen molar-refractivity contribution in [2.75, 3.05) is 32.7 Å². The van der Waals surface area contributed by atoms with E-state index in [1.54, 1.807) is 6.07 Å². The van der Waals surface area contributed by atoms with Gasteiger partial charge in [-0.3, -0.25) is 4.90 Å². The molecule has 18 heavy (non-hydrogen) atoms. The standard InChI is InChI=1S/C14H20F2N2/c1-12-4-2-3-5-13(12)10-14(15,16)11-18-8-6-17-7-9-18/h2-5,17H,6-11H2,1H3. The smallest absolute Gasteiger partial charge is 0.264 e. The van der Waals surface area contributed by atoms with Crippen LogP contribution in [0, 0.1) is 6.92 Å². The van der Waals surface area contributed by atoms with Crippen molar-refractivity contribution in [1.82, 2.24) is 10.2 Å². The minimum atomic E-state index is -2.65. The maximum atomic E-state index is 14.0. The van der Waals surface area contributed by atoms with Crippen molar-refractivity contribution in [2.24, 2.45) is 0 Å². The maximum absolute atomic E-state index is 14.0. The molecule has 2 nitrogen and oxygen atoms in total. The minimum Gasteiger partial charge on any atom is -0.314 e. The van der Waals surface area contributed by atoms with Crippen LogP contribution in [0.5, 0.6) is 0 Å². The van der Waals surface area contributed by atoms with E-state index in [4.69, 9.17) is 0 Å². The van der Waals surface area contributed by atoms with Gasteiger partial charge in [-0.2, -0.15) is 0 Å². The fraction of sp³-hybridized carbons (Fsp3) is 0.571. The lowest BCUT2D eigenvalue weighted by Crippen LogP contribution is -2.48. The summed E-state index contributed by atoms with van der Waals surface area (Å²) in [5.74, 6) is -2.65. The molecule has 100 valence electrons. The summed E-state index contributed by atoms with van der Waals surface area (Å²) >= 11 is 0. The summed E-state index contributed by atoms with van der Waals surface area (Å²) in [5, 5.41) is 3.17. The number of benzene rings is 1. The summed E-state index contributed by atoms with van der Waals surface area (Å²) in [6.07, 6.45) is -0.163. The number of halogens is 2. The van der Waals surface area contributed by atoms with Gasteiger partial charge in [0, 0.05) is 32.6 Å². The number of alkyl halides is 2. The van der Waals surface area contributed by atoms with Gasteiger partial charge in [-0.15, -0.1) is 0 Å². The van der Waals surface area contributed by atoms with Crippen molar-refractivity contribution in [3.63, 3.8) is 0 Å². The molecule has 0 amide bonds. The minimum absolute atomic E-state index is 0.136. The molecule has 1 aromatic carbocycles. The van der Waals surface area contributed by atoms with E-state index in [1.807, 2.05) is 30.0 Å². The molecule has 1 fully saturated rings. The van der Waals surface area contributed by atoms with Crippen LogP contribution in [-0.4, -0.2) is 43.5 Å². The van der Waals surface area contributed by atoms with Crippen LogP contribution in [0.15, 0.2) is 24.3 Å². The number of nitrogens with zero attached hydrogens (tertiary/aromatic N) is 1. The second-order valence-corrected chi connectivity index (χ2v) is 4.99. The largest absolute Gasteiger partial charge is 0.314 e. The van der Waals surface area contributed by atoms with Crippen LogP contribution in [0.3, 0.4) is 0 Å². The van der Waals surface area contributed by atoms with Crippen molar-refractivity contribution in [3.05, 3.63) is 35.4 Å². The van der Waals surface area contributed by atoms with E-state index in [1.165, 1.54) is 0 Å². The van der Waals surface area contributed by atoms with Crippen LogP contribution in [0.4, 0.5) is 8.78 Å². The molecule has 0 radical (unpaired) electrons. The highest BCUT2D eigenvalue weighted by Crippen LogP contribution is 2.23. The molecule has 1 N–H and O–H groups in total. The Labute approximate surface area is 107 Å². The first-order valence-corrected chi connectivity index (χ1v) is 6.42. The average Bonchev–Trinajstić information content (AvgIpc) is 2.32.